The molecule has 0 fully saturated rings. The molecule has 0 aromatic heterocycles. The summed E-state index contributed by atoms with van der Waals surface area (Å²) in [6.07, 6.45) is 0.655. The molecule has 0 aliphatic carbocycles. The lowest BCUT2D eigenvalue weighted by molar-refractivity contribution is -0.125. The summed E-state index contributed by atoms with van der Waals surface area (Å²) in [6, 6.07) is 17.8. The van der Waals surface area contributed by atoms with Gasteiger partial charge in [-0.1, -0.05) is 48.5 Å². The third-order valence-electron chi connectivity index (χ3n) is 3.87. The van der Waals surface area contributed by atoms with E-state index >= 15 is 0 Å². The molecule has 1 amide bonds. The third kappa shape index (κ3) is 2.89. The molecule has 0 radical (unpaired) electrons. The molecule has 0 saturated carbocycles. The van der Waals surface area contributed by atoms with Gasteiger partial charge in [-0.2, -0.15) is 5.06 Å². The van der Waals surface area contributed by atoms with Crippen LogP contribution in [0.1, 0.15) is 23.5 Å². The Hall–Kier alpha value is -2.17. The van der Waals surface area contributed by atoms with Crippen molar-refractivity contribution in [3.63, 3.8) is 0 Å². The number of ether oxygens (including phenoxy) is 1. The first-order valence-corrected chi connectivity index (χ1v) is 7.40. The molecule has 1 heterocycles. The van der Waals surface area contributed by atoms with Crippen LogP contribution in [0.5, 0.6) is 0 Å². The smallest absolute Gasteiger partial charge is 0.258 e. The molecule has 114 valence electrons. The van der Waals surface area contributed by atoms with Crippen molar-refractivity contribution in [2.75, 3.05) is 18.8 Å². The highest BCUT2D eigenvalue weighted by Gasteiger charge is 2.37. The van der Waals surface area contributed by atoms with E-state index in [1.807, 2.05) is 54.6 Å². The molecule has 1 unspecified atom stereocenters. The minimum atomic E-state index is -0.188. The van der Waals surface area contributed by atoms with Crippen LogP contribution in [0, 0.1) is 0 Å². The Kier molecular flexibility index (Phi) is 4.51. The van der Waals surface area contributed by atoms with Crippen molar-refractivity contribution in [1.82, 2.24) is 0 Å². The molecular weight excluding hydrogens is 278 g/mol. The fourth-order valence-electron chi connectivity index (χ4n) is 2.79. The highest BCUT2D eigenvalue weighted by atomic mass is 16.7. The van der Waals surface area contributed by atoms with Crippen molar-refractivity contribution in [3.05, 3.63) is 65.7 Å². The van der Waals surface area contributed by atoms with Crippen molar-refractivity contribution in [1.29, 1.82) is 0 Å². The van der Waals surface area contributed by atoms with E-state index in [1.54, 1.807) is 0 Å². The summed E-state index contributed by atoms with van der Waals surface area (Å²) in [4.78, 5) is 17.6. The molecule has 22 heavy (non-hydrogen) atoms. The second-order valence-corrected chi connectivity index (χ2v) is 5.25. The van der Waals surface area contributed by atoms with E-state index in [-0.39, 0.29) is 11.8 Å². The van der Waals surface area contributed by atoms with Crippen molar-refractivity contribution >= 4 is 11.6 Å². The molecule has 0 bridgehead atoms. The Morgan fingerprint density at radius 2 is 1.77 bits per heavy atom. The Bertz CT molecular complexity index is 642. The van der Waals surface area contributed by atoms with Gasteiger partial charge in [0.25, 0.3) is 5.91 Å². The van der Waals surface area contributed by atoms with Gasteiger partial charge >= 0.3 is 0 Å². The summed E-state index contributed by atoms with van der Waals surface area (Å²) in [5.74, 6) is -0.209. The quantitative estimate of drug-likeness (QED) is 0.768. The summed E-state index contributed by atoms with van der Waals surface area (Å²) < 4.78 is 5.70. The molecule has 2 aromatic rings. The maximum absolute atomic E-state index is 12.4. The molecular formula is C18H19NO3. The lowest BCUT2D eigenvalue weighted by atomic mass is 9.98. The van der Waals surface area contributed by atoms with Crippen LogP contribution in [0.15, 0.2) is 54.6 Å². The predicted molar refractivity (Wildman–Crippen MR) is 84.4 cm³/mol. The van der Waals surface area contributed by atoms with Crippen LogP contribution in [0.25, 0.3) is 0 Å². The first-order chi connectivity index (χ1) is 10.8. The number of hydrogen-bond acceptors (Lipinski definition) is 3. The Balaban J connectivity index is 1.60. The lowest BCUT2D eigenvalue weighted by Crippen LogP contribution is -2.27. The fraction of sp³-hybridized carbons (Fsp3) is 0.278. The van der Waals surface area contributed by atoms with Crippen LogP contribution >= 0.6 is 0 Å². The number of carbonyl (C=O) groups excluding carboxylic acids is 1. The van der Waals surface area contributed by atoms with E-state index < -0.39 is 0 Å². The second kappa shape index (κ2) is 6.73. The van der Waals surface area contributed by atoms with E-state index in [1.165, 1.54) is 12.2 Å². The van der Waals surface area contributed by atoms with Gasteiger partial charge in [-0.25, -0.2) is 0 Å². The van der Waals surface area contributed by atoms with Crippen LogP contribution in [-0.2, 0) is 21.0 Å². The average Bonchev–Trinajstić information content (AvgIpc) is 2.84. The summed E-state index contributed by atoms with van der Waals surface area (Å²) in [7, 11) is 1.52. The maximum Gasteiger partial charge on any atom is 0.258 e. The second-order valence-electron chi connectivity index (χ2n) is 5.25. The number of nitrogens with zero attached hydrogens (tertiary/aromatic N) is 1. The van der Waals surface area contributed by atoms with E-state index in [0.717, 1.165) is 16.8 Å². The van der Waals surface area contributed by atoms with Crippen LogP contribution in [-0.4, -0.2) is 19.6 Å². The highest BCUT2D eigenvalue weighted by molar-refractivity contribution is 6.03. The van der Waals surface area contributed by atoms with Crippen molar-refractivity contribution in [2.24, 2.45) is 0 Å². The molecule has 1 aliphatic heterocycles. The molecule has 4 heteroatoms. The number of para-hydroxylation sites is 1. The van der Waals surface area contributed by atoms with Gasteiger partial charge in [0.2, 0.25) is 0 Å². The van der Waals surface area contributed by atoms with Gasteiger partial charge in [-0.15, -0.1) is 0 Å². The normalized spacial score (nSPS) is 16.9. The summed E-state index contributed by atoms with van der Waals surface area (Å²) in [6.45, 7) is 1.11. The van der Waals surface area contributed by atoms with Gasteiger partial charge in [0.1, 0.15) is 0 Å². The Morgan fingerprint density at radius 3 is 2.55 bits per heavy atom. The first kappa shape index (κ1) is 14.8. The third-order valence-corrected chi connectivity index (χ3v) is 3.87. The minimum absolute atomic E-state index is 0.0213. The standard InChI is InChI=1S/C18H19NO3/c1-21-19-17-10-6-5-9-15(17)16(18(19)20)11-12-22-13-14-7-3-2-4-8-14/h2-10,16H,11-13H2,1H3. The van der Waals surface area contributed by atoms with E-state index in [2.05, 4.69) is 0 Å². The van der Waals surface area contributed by atoms with Gasteiger partial charge in [0, 0.05) is 6.61 Å². The number of carbonyl (C=O) groups is 1. The summed E-state index contributed by atoms with van der Waals surface area (Å²) in [5.41, 5.74) is 2.99. The Labute approximate surface area is 130 Å². The predicted octanol–water partition coefficient (Wildman–Crippen LogP) is 3.29. The molecule has 0 spiro atoms. The molecule has 3 rings (SSSR count). The monoisotopic (exact) mass is 297 g/mol. The van der Waals surface area contributed by atoms with Gasteiger partial charge in [0.15, 0.2) is 0 Å². The number of benzene rings is 2. The van der Waals surface area contributed by atoms with E-state index in [9.17, 15) is 4.79 Å². The maximum atomic E-state index is 12.4. The number of fused-ring (bicyclic) bond motifs is 1. The average molecular weight is 297 g/mol. The molecule has 0 N–H and O–H groups in total. The zero-order valence-corrected chi connectivity index (χ0v) is 12.6. The molecule has 4 nitrogen and oxygen atoms in total. The molecule has 1 aliphatic rings. The minimum Gasteiger partial charge on any atom is -0.377 e. The lowest BCUT2D eigenvalue weighted by Gasteiger charge is -2.14. The SMILES string of the molecule is CON1C(=O)C(CCOCc2ccccc2)c2ccccc21. The van der Waals surface area contributed by atoms with Gasteiger partial charge in [0.05, 0.1) is 25.3 Å². The van der Waals surface area contributed by atoms with Crippen LogP contribution in [0.3, 0.4) is 0 Å². The molecule has 1 atom stereocenters. The number of hydroxylamine groups is 1. The fourth-order valence-corrected chi connectivity index (χ4v) is 2.79. The summed E-state index contributed by atoms with van der Waals surface area (Å²) in [5, 5.41) is 1.37. The first-order valence-electron chi connectivity index (χ1n) is 7.40. The van der Waals surface area contributed by atoms with E-state index in [4.69, 9.17) is 9.57 Å². The molecule has 0 saturated heterocycles. The number of amides is 1. The number of hydrogen-bond donors (Lipinski definition) is 0. The van der Waals surface area contributed by atoms with Crippen LogP contribution in [0.2, 0.25) is 0 Å². The van der Waals surface area contributed by atoms with Crippen molar-refractivity contribution in [3.8, 4) is 0 Å². The van der Waals surface area contributed by atoms with E-state index in [0.29, 0.717) is 19.6 Å². The zero-order valence-electron chi connectivity index (χ0n) is 12.6. The van der Waals surface area contributed by atoms with Gasteiger partial charge in [-0.3, -0.25) is 9.63 Å². The number of rotatable bonds is 6. The largest absolute Gasteiger partial charge is 0.377 e. The zero-order chi connectivity index (χ0) is 15.4. The Morgan fingerprint density at radius 1 is 1.05 bits per heavy atom. The van der Waals surface area contributed by atoms with Crippen molar-refractivity contribution in [2.45, 2.75) is 18.9 Å². The topological polar surface area (TPSA) is 38.8 Å². The highest BCUT2D eigenvalue weighted by Crippen LogP contribution is 2.38. The molecule has 2 aromatic carbocycles. The van der Waals surface area contributed by atoms with Gasteiger partial charge < -0.3 is 4.74 Å². The van der Waals surface area contributed by atoms with Crippen molar-refractivity contribution < 1.29 is 14.4 Å². The number of anilines is 1. The van der Waals surface area contributed by atoms with Gasteiger partial charge in [-0.05, 0) is 23.6 Å². The summed E-state index contributed by atoms with van der Waals surface area (Å²) >= 11 is 0. The van der Waals surface area contributed by atoms with Crippen LogP contribution < -0.4 is 5.06 Å². The van der Waals surface area contributed by atoms with Crippen LogP contribution in [0.4, 0.5) is 5.69 Å².